The molecule has 0 saturated heterocycles. The molecule has 2 atom stereocenters. The van der Waals surface area contributed by atoms with E-state index < -0.39 is 5.97 Å². The second-order valence-corrected chi connectivity index (χ2v) is 6.06. The first-order valence-electron chi connectivity index (χ1n) is 5.64. The molecule has 2 unspecified atom stereocenters. The van der Waals surface area contributed by atoms with Gasteiger partial charge in [-0.1, -0.05) is 6.42 Å². The van der Waals surface area contributed by atoms with Crippen molar-refractivity contribution in [2.75, 3.05) is 6.26 Å². The largest absolute Gasteiger partial charge is 0.476 e. The van der Waals surface area contributed by atoms with Crippen LogP contribution in [-0.2, 0) is 0 Å². The lowest BCUT2D eigenvalue weighted by Gasteiger charge is -2.18. The van der Waals surface area contributed by atoms with Crippen molar-refractivity contribution in [2.24, 2.45) is 0 Å². The van der Waals surface area contributed by atoms with Gasteiger partial charge in [0.25, 0.3) is 5.91 Å². The average molecular weight is 286 g/mol. The molecule has 1 aliphatic carbocycles. The number of thioether (sulfide) groups is 1. The monoisotopic (exact) mass is 286 g/mol. The van der Waals surface area contributed by atoms with E-state index in [2.05, 4.69) is 10.3 Å². The highest BCUT2D eigenvalue weighted by atomic mass is 32.2. The van der Waals surface area contributed by atoms with Crippen LogP contribution in [0.1, 0.15) is 39.6 Å². The summed E-state index contributed by atoms with van der Waals surface area (Å²) in [6, 6.07) is 0.171. The van der Waals surface area contributed by atoms with Gasteiger partial charge < -0.3 is 10.4 Å². The lowest BCUT2D eigenvalue weighted by Crippen LogP contribution is -2.38. The molecule has 98 valence electrons. The maximum absolute atomic E-state index is 11.9. The van der Waals surface area contributed by atoms with Gasteiger partial charge in [-0.25, -0.2) is 9.78 Å². The van der Waals surface area contributed by atoms with Crippen molar-refractivity contribution in [3.8, 4) is 0 Å². The maximum Gasteiger partial charge on any atom is 0.355 e. The molecule has 1 aliphatic rings. The first-order valence-corrected chi connectivity index (χ1v) is 7.81. The van der Waals surface area contributed by atoms with Crippen molar-refractivity contribution in [2.45, 2.75) is 30.6 Å². The molecule has 1 aromatic rings. The minimum Gasteiger partial charge on any atom is -0.476 e. The molecule has 0 spiro atoms. The quantitative estimate of drug-likeness (QED) is 0.883. The summed E-state index contributed by atoms with van der Waals surface area (Å²) in [5.41, 5.74) is -0.0713. The zero-order chi connectivity index (χ0) is 13.1. The summed E-state index contributed by atoms with van der Waals surface area (Å²) >= 11 is 2.83. The van der Waals surface area contributed by atoms with E-state index in [0.717, 1.165) is 30.6 Å². The van der Waals surface area contributed by atoms with E-state index in [-0.39, 0.29) is 22.7 Å². The van der Waals surface area contributed by atoms with Crippen LogP contribution >= 0.6 is 23.1 Å². The number of carboxylic acid groups (broad SMARTS) is 1. The smallest absolute Gasteiger partial charge is 0.355 e. The number of thiazole rings is 1. The fraction of sp³-hybridized carbons (Fsp3) is 0.545. The van der Waals surface area contributed by atoms with Crippen molar-refractivity contribution in [1.82, 2.24) is 10.3 Å². The Morgan fingerprint density at radius 2 is 2.33 bits per heavy atom. The summed E-state index contributed by atoms with van der Waals surface area (Å²) in [5, 5.41) is 13.8. The maximum atomic E-state index is 11.9. The molecular formula is C11H14N2O3S2. The number of hydrogen-bond acceptors (Lipinski definition) is 5. The number of rotatable bonds is 4. The molecule has 2 rings (SSSR count). The SMILES string of the molecule is CSC1CCCC1NC(=O)c1nc(C(=O)O)cs1. The Balaban J connectivity index is 2.00. The van der Waals surface area contributed by atoms with E-state index in [1.54, 1.807) is 11.8 Å². The third-order valence-electron chi connectivity index (χ3n) is 2.99. The van der Waals surface area contributed by atoms with Crippen LogP contribution in [0, 0.1) is 0 Å². The van der Waals surface area contributed by atoms with Gasteiger partial charge >= 0.3 is 5.97 Å². The van der Waals surface area contributed by atoms with E-state index in [1.807, 2.05) is 6.26 Å². The van der Waals surface area contributed by atoms with Crippen molar-refractivity contribution in [1.29, 1.82) is 0 Å². The molecule has 1 heterocycles. The number of nitrogens with one attached hydrogen (secondary N) is 1. The van der Waals surface area contributed by atoms with Gasteiger partial charge in [-0.2, -0.15) is 11.8 Å². The minimum atomic E-state index is -1.10. The molecule has 2 N–H and O–H groups in total. The molecule has 1 aromatic heterocycles. The number of carbonyl (C=O) groups excluding carboxylic acids is 1. The molecule has 7 heteroatoms. The van der Waals surface area contributed by atoms with Crippen LogP contribution in [0.5, 0.6) is 0 Å². The fourth-order valence-corrected chi connectivity index (χ4v) is 3.71. The van der Waals surface area contributed by atoms with Crippen LogP contribution in [0.25, 0.3) is 0 Å². The summed E-state index contributed by atoms with van der Waals surface area (Å²) in [6.07, 6.45) is 5.26. The van der Waals surface area contributed by atoms with Crippen LogP contribution in [-0.4, -0.2) is 39.5 Å². The molecule has 1 saturated carbocycles. The Hall–Kier alpha value is -1.08. The highest BCUT2D eigenvalue weighted by molar-refractivity contribution is 7.99. The molecular weight excluding hydrogens is 272 g/mol. The number of nitrogens with zero attached hydrogens (tertiary/aromatic N) is 1. The molecule has 0 aliphatic heterocycles. The lowest BCUT2D eigenvalue weighted by molar-refractivity contribution is 0.0691. The number of carboxylic acids is 1. The van der Waals surface area contributed by atoms with Gasteiger partial charge in [0.1, 0.15) is 0 Å². The van der Waals surface area contributed by atoms with Gasteiger partial charge in [-0.05, 0) is 19.1 Å². The number of hydrogen-bond donors (Lipinski definition) is 2. The summed E-state index contributed by atoms with van der Waals surface area (Å²) in [6.45, 7) is 0. The van der Waals surface area contributed by atoms with E-state index in [9.17, 15) is 9.59 Å². The van der Waals surface area contributed by atoms with Crippen LogP contribution < -0.4 is 5.32 Å². The summed E-state index contributed by atoms with van der Waals surface area (Å²) in [5.74, 6) is -1.37. The molecule has 1 amide bonds. The van der Waals surface area contributed by atoms with Crippen LogP contribution in [0.4, 0.5) is 0 Å². The van der Waals surface area contributed by atoms with E-state index in [4.69, 9.17) is 5.11 Å². The van der Waals surface area contributed by atoms with Gasteiger partial charge in [0.05, 0.1) is 0 Å². The zero-order valence-electron chi connectivity index (χ0n) is 9.88. The summed E-state index contributed by atoms with van der Waals surface area (Å²) in [7, 11) is 0. The topological polar surface area (TPSA) is 79.3 Å². The van der Waals surface area contributed by atoms with E-state index >= 15 is 0 Å². The first-order chi connectivity index (χ1) is 8.61. The molecule has 0 aromatic carbocycles. The van der Waals surface area contributed by atoms with Crippen LogP contribution in [0.2, 0.25) is 0 Å². The number of amides is 1. The van der Waals surface area contributed by atoms with Crippen molar-refractivity contribution in [3.63, 3.8) is 0 Å². The Labute approximate surface area is 113 Å². The highest BCUT2D eigenvalue weighted by Crippen LogP contribution is 2.28. The van der Waals surface area contributed by atoms with Crippen molar-refractivity contribution >= 4 is 35.0 Å². The number of aromatic carboxylic acids is 1. The summed E-state index contributed by atoms with van der Waals surface area (Å²) in [4.78, 5) is 26.4. The average Bonchev–Trinajstić information content (AvgIpc) is 2.96. The fourth-order valence-electron chi connectivity index (χ4n) is 2.08. The second-order valence-electron chi connectivity index (χ2n) is 4.13. The second kappa shape index (κ2) is 5.71. The molecule has 1 fully saturated rings. The predicted octanol–water partition coefficient (Wildman–Crippen LogP) is 1.86. The molecule has 5 nitrogen and oxygen atoms in total. The molecule has 0 radical (unpaired) electrons. The third-order valence-corrected chi connectivity index (χ3v) is 5.00. The summed E-state index contributed by atoms with van der Waals surface area (Å²) < 4.78 is 0. The minimum absolute atomic E-state index is 0.0713. The lowest BCUT2D eigenvalue weighted by atomic mass is 10.2. The Kier molecular flexibility index (Phi) is 4.23. The van der Waals surface area contributed by atoms with Gasteiger partial charge in [0, 0.05) is 16.7 Å². The van der Waals surface area contributed by atoms with Gasteiger partial charge in [0.15, 0.2) is 10.7 Å². The van der Waals surface area contributed by atoms with Gasteiger partial charge in [-0.15, -0.1) is 11.3 Å². The van der Waals surface area contributed by atoms with Gasteiger partial charge in [0.2, 0.25) is 0 Å². The van der Waals surface area contributed by atoms with Crippen LogP contribution in [0.3, 0.4) is 0 Å². The normalized spacial score (nSPS) is 22.9. The number of carbonyl (C=O) groups is 2. The molecule has 0 bridgehead atoms. The highest BCUT2D eigenvalue weighted by Gasteiger charge is 2.28. The van der Waals surface area contributed by atoms with Crippen molar-refractivity contribution in [3.05, 3.63) is 16.1 Å². The Morgan fingerprint density at radius 1 is 1.56 bits per heavy atom. The van der Waals surface area contributed by atoms with Gasteiger partial charge in [-0.3, -0.25) is 4.79 Å². The third kappa shape index (κ3) is 2.84. The first kappa shape index (κ1) is 13.4. The van der Waals surface area contributed by atoms with E-state index in [1.165, 1.54) is 5.38 Å². The zero-order valence-corrected chi connectivity index (χ0v) is 11.5. The van der Waals surface area contributed by atoms with Crippen molar-refractivity contribution < 1.29 is 14.7 Å². The predicted molar refractivity (Wildman–Crippen MR) is 71.5 cm³/mol. The number of aromatic nitrogens is 1. The van der Waals surface area contributed by atoms with Crippen LogP contribution in [0.15, 0.2) is 5.38 Å². The Bertz CT molecular complexity index is 461. The Morgan fingerprint density at radius 3 is 2.94 bits per heavy atom. The molecule has 18 heavy (non-hydrogen) atoms. The standard InChI is InChI=1S/C11H14N2O3S2/c1-17-8-4-2-3-6(8)12-9(14)10-13-7(5-18-10)11(15)16/h5-6,8H,2-4H2,1H3,(H,12,14)(H,15,16). The van der Waals surface area contributed by atoms with E-state index in [0.29, 0.717) is 5.25 Å².